The van der Waals surface area contributed by atoms with Gasteiger partial charge in [0.1, 0.15) is 6.17 Å². The van der Waals surface area contributed by atoms with Crippen molar-refractivity contribution in [1.82, 2.24) is 20.4 Å². The van der Waals surface area contributed by atoms with Crippen molar-refractivity contribution >= 4 is 11.8 Å². The molecule has 5 aliphatic rings. The lowest BCUT2D eigenvalue weighted by atomic mass is 9.59. The lowest BCUT2D eigenvalue weighted by molar-refractivity contribution is -0.132. The third-order valence-electron chi connectivity index (χ3n) is 10.8. The van der Waals surface area contributed by atoms with E-state index in [4.69, 9.17) is 4.74 Å². The van der Waals surface area contributed by atoms with E-state index in [1.165, 1.54) is 38.5 Å². The Balaban J connectivity index is 1.23. The first-order valence-electron chi connectivity index (χ1n) is 15.7. The highest BCUT2D eigenvalue weighted by molar-refractivity contribution is 5.82. The number of halogens is 1. The van der Waals surface area contributed by atoms with E-state index in [2.05, 4.69) is 22.5 Å². The second-order valence-electron chi connectivity index (χ2n) is 13.0. The molecule has 5 rings (SSSR count). The fraction of sp³-hybridized carbons (Fsp3) is 0.933. The summed E-state index contributed by atoms with van der Waals surface area (Å²) >= 11 is 0. The number of nitrogens with one attached hydrogen (secondary N) is 2. The molecule has 5 unspecified atom stereocenters. The lowest BCUT2D eigenvalue weighted by Gasteiger charge is -2.51. The number of hydrogen-bond donors (Lipinski definition) is 2. The average molecular weight is 535 g/mol. The molecule has 5 fully saturated rings. The highest BCUT2D eigenvalue weighted by Gasteiger charge is 2.59. The van der Waals surface area contributed by atoms with Crippen LogP contribution in [0.4, 0.5) is 4.39 Å². The Hall–Kier alpha value is -1.25. The zero-order valence-electron chi connectivity index (χ0n) is 23.8. The van der Waals surface area contributed by atoms with Crippen LogP contribution in [-0.2, 0) is 14.3 Å². The van der Waals surface area contributed by atoms with Gasteiger partial charge < -0.3 is 15.0 Å². The molecule has 3 saturated heterocycles. The molecule has 0 aromatic rings. The smallest absolute Gasteiger partial charge is 0.237 e. The topological polar surface area (TPSA) is 73.9 Å². The van der Waals surface area contributed by atoms with Gasteiger partial charge in [0.05, 0.1) is 25.3 Å². The van der Waals surface area contributed by atoms with E-state index >= 15 is 4.39 Å². The largest absolute Gasteiger partial charge is 0.378 e. The minimum Gasteiger partial charge on any atom is -0.378 e. The van der Waals surface area contributed by atoms with Gasteiger partial charge in [-0.1, -0.05) is 45.4 Å². The summed E-state index contributed by atoms with van der Waals surface area (Å²) in [6, 6.07) is -0.107. The number of carbonyl (C=O) groups is 2. The average Bonchev–Trinajstić information content (AvgIpc) is 3.39. The third kappa shape index (κ3) is 5.92. The molecule has 0 aromatic carbocycles. The SMILES string of the molecule is CC(=O)N1CCN([C@H]2COC[C@@H](NC(=O)C3CC4C(F)CCC(C)C4(C4CCCCCCCC4)N3)C2)CC1. The second kappa shape index (κ2) is 12.5. The number of piperazine rings is 1. The highest BCUT2D eigenvalue weighted by atomic mass is 19.1. The molecule has 3 aliphatic heterocycles. The summed E-state index contributed by atoms with van der Waals surface area (Å²) in [7, 11) is 0. The molecule has 0 aromatic heterocycles. The number of rotatable bonds is 4. The molecule has 2 amide bonds. The Morgan fingerprint density at radius 3 is 2.29 bits per heavy atom. The van der Waals surface area contributed by atoms with Crippen molar-refractivity contribution in [3.8, 4) is 0 Å². The molecular weight excluding hydrogens is 483 g/mol. The van der Waals surface area contributed by atoms with E-state index in [0.29, 0.717) is 37.9 Å². The van der Waals surface area contributed by atoms with E-state index < -0.39 is 6.17 Å². The van der Waals surface area contributed by atoms with Crippen LogP contribution in [-0.4, -0.2) is 90.8 Å². The predicted molar refractivity (Wildman–Crippen MR) is 146 cm³/mol. The molecule has 7 nitrogen and oxygen atoms in total. The Morgan fingerprint density at radius 2 is 1.61 bits per heavy atom. The number of nitrogens with zero attached hydrogens (tertiary/aromatic N) is 2. The summed E-state index contributed by atoms with van der Waals surface area (Å²) in [5.74, 6) is 0.932. The summed E-state index contributed by atoms with van der Waals surface area (Å²) in [6.45, 7) is 8.34. The van der Waals surface area contributed by atoms with E-state index in [0.717, 1.165) is 51.9 Å². The third-order valence-corrected chi connectivity index (χ3v) is 10.8. The molecule has 216 valence electrons. The van der Waals surface area contributed by atoms with Crippen LogP contribution in [0.15, 0.2) is 0 Å². The summed E-state index contributed by atoms with van der Waals surface area (Å²) in [4.78, 5) is 29.7. The monoisotopic (exact) mass is 534 g/mol. The molecule has 2 saturated carbocycles. The zero-order chi connectivity index (χ0) is 26.7. The normalized spacial score (nSPS) is 40.0. The molecule has 7 atom stereocenters. The number of ether oxygens (including phenoxy) is 1. The fourth-order valence-electron chi connectivity index (χ4n) is 8.70. The van der Waals surface area contributed by atoms with Gasteiger partial charge in [0.15, 0.2) is 0 Å². The maximum absolute atomic E-state index is 15.6. The van der Waals surface area contributed by atoms with Gasteiger partial charge in [-0.3, -0.25) is 19.8 Å². The molecule has 2 N–H and O–H groups in total. The summed E-state index contributed by atoms with van der Waals surface area (Å²) in [6.07, 6.45) is 12.1. The van der Waals surface area contributed by atoms with Gasteiger partial charge in [-0.25, -0.2) is 4.39 Å². The van der Waals surface area contributed by atoms with Crippen LogP contribution in [0.5, 0.6) is 0 Å². The molecule has 0 radical (unpaired) electrons. The van der Waals surface area contributed by atoms with Crippen LogP contribution >= 0.6 is 0 Å². The molecule has 0 spiro atoms. The molecule has 38 heavy (non-hydrogen) atoms. The minimum absolute atomic E-state index is 0.0249. The number of amides is 2. The van der Waals surface area contributed by atoms with Crippen LogP contribution in [0.3, 0.4) is 0 Å². The van der Waals surface area contributed by atoms with Crippen molar-refractivity contribution < 1.29 is 18.7 Å². The maximum Gasteiger partial charge on any atom is 0.237 e. The lowest BCUT2D eigenvalue weighted by Crippen LogP contribution is -2.63. The van der Waals surface area contributed by atoms with Gasteiger partial charge in [0.25, 0.3) is 0 Å². The fourth-order valence-corrected chi connectivity index (χ4v) is 8.70. The van der Waals surface area contributed by atoms with E-state index in [9.17, 15) is 9.59 Å². The zero-order valence-corrected chi connectivity index (χ0v) is 23.8. The van der Waals surface area contributed by atoms with Gasteiger partial charge in [0.2, 0.25) is 11.8 Å². The van der Waals surface area contributed by atoms with Gasteiger partial charge >= 0.3 is 0 Å². The molecule has 8 heteroatoms. The van der Waals surface area contributed by atoms with Crippen molar-refractivity contribution in [2.75, 3.05) is 39.4 Å². The highest BCUT2D eigenvalue weighted by Crippen LogP contribution is 2.53. The van der Waals surface area contributed by atoms with Crippen molar-refractivity contribution in [3.05, 3.63) is 0 Å². The molecule has 0 bridgehead atoms. The molecule has 2 aliphatic carbocycles. The Morgan fingerprint density at radius 1 is 0.921 bits per heavy atom. The van der Waals surface area contributed by atoms with E-state index in [1.807, 2.05) is 4.90 Å². The van der Waals surface area contributed by atoms with Gasteiger partial charge in [-0.15, -0.1) is 0 Å². The number of fused-ring (bicyclic) bond motifs is 1. The molecular formula is C30H51FN4O3. The van der Waals surface area contributed by atoms with Crippen molar-refractivity contribution in [2.45, 2.75) is 121 Å². The maximum atomic E-state index is 15.6. The Labute approximate surface area is 229 Å². The van der Waals surface area contributed by atoms with Crippen molar-refractivity contribution in [2.24, 2.45) is 17.8 Å². The van der Waals surface area contributed by atoms with E-state index in [1.54, 1.807) is 6.92 Å². The number of alkyl halides is 1. The first kappa shape index (κ1) is 28.3. The predicted octanol–water partition coefficient (Wildman–Crippen LogP) is 3.66. The summed E-state index contributed by atoms with van der Waals surface area (Å²) in [5.41, 5.74) is -0.258. The molecule has 3 heterocycles. The van der Waals surface area contributed by atoms with Crippen LogP contribution in [0.25, 0.3) is 0 Å². The van der Waals surface area contributed by atoms with Crippen LogP contribution in [0.1, 0.15) is 90.9 Å². The number of hydrogen-bond acceptors (Lipinski definition) is 5. The van der Waals surface area contributed by atoms with Gasteiger partial charge in [0, 0.05) is 50.6 Å². The van der Waals surface area contributed by atoms with Crippen LogP contribution < -0.4 is 10.6 Å². The van der Waals surface area contributed by atoms with Crippen molar-refractivity contribution in [3.63, 3.8) is 0 Å². The van der Waals surface area contributed by atoms with Crippen LogP contribution in [0.2, 0.25) is 0 Å². The second-order valence-corrected chi connectivity index (χ2v) is 13.0. The summed E-state index contributed by atoms with van der Waals surface area (Å²) < 4.78 is 21.5. The summed E-state index contributed by atoms with van der Waals surface area (Å²) in [5, 5.41) is 7.17. The Bertz CT molecular complexity index is 811. The first-order chi connectivity index (χ1) is 18.4. The van der Waals surface area contributed by atoms with Gasteiger partial charge in [-0.2, -0.15) is 0 Å². The minimum atomic E-state index is -0.819. The van der Waals surface area contributed by atoms with Crippen molar-refractivity contribution in [1.29, 1.82) is 0 Å². The van der Waals surface area contributed by atoms with E-state index in [-0.39, 0.29) is 41.4 Å². The van der Waals surface area contributed by atoms with Gasteiger partial charge in [-0.05, 0) is 50.4 Å². The standard InChI is InChI=1S/C30H51FN4O3/c1-21-11-12-27(31)26-18-28(33-30(21,26)23-9-7-5-3-4-6-8-10-23)29(37)32-24-17-25(20-38-19-24)35-15-13-34(14-16-35)22(2)36/h21,23-28,33H,3-20H2,1-2H3,(H,32,37)/t21?,24-,25+,26?,27?,28?,30?/m0/s1. The number of carbonyl (C=O) groups excluding carboxylic acids is 2. The Kier molecular flexibility index (Phi) is 9.31. The first-order valence-corrected chi connectivity index (χ1v) is 15.7. The van der Waals surface area contributed by atoms with Crippen LogP contribution in [0, 0.1) is 17.8 Å². The quantitative estimate of drug-likeness (QED) is 0.576.